The number of carbonyl (C=O) groups is 1. The van der Waals surface area contributed by atoms with Crippen molar-refractivity contribution in [3.8, 4) is 22.9 Å². The average molecular weight is 323 g/mol. The maximum absolute atomic E-state index is 12.1. The maximum Gasteiger partial charge on any atom is 0.338 e. The van der Waals surface area contributed by atoms with Crippen LogP contribution >= 0.6 is 0 Å². The Hall–Kier alpha value is -2.80. The predicted molar refractivity (Wildman–Crippen MR) is 92.9 cm³/mol. The zero-order valence-corrected chi connectivity index (χ0v) is 14.4. The number of esters is 1. The molecular formula is C20H21NO3. The molecule has 2 aromatic carbocycles. The number of nitrogens with zero attached hydrogens (tertiary/aromatic N) is 1. The van der Waals surface area contributed by atoms with Crippen LogP contribution in [0.4, 0.5) is 0 Å². The minimum atomic E-state index is -0.525. The largest absolute Gasteiger partial charge is 0.494 e. The molecule has 0 atom stereocenters. The monoisotopic (exact) mass is 323 g/mol. The van der Waals surface area contributed by atoms with Gasteiger partial charge >= 0.3 is 5.97 Å². The van der Waals surface area contributed by atoms with E-state index in [4.69, 9.17) is 14.7 Å². The summed E-state index contributed by atoms with van der Waals surface area (Å²) in [4.78, 5) is 12.1. The Balaban J connectivity index is 2.29. The molecule has 0 amide bonds. The van der Waals surface area contributed by atoms with E-state index in [0.29, 0.717) is 23.5 Å². The summed E-state index contributed by atoms with van der Waals surface area (Å²) in [7, 11) is 0. The second-order valence-corrected chi connectivity index (χ2v) is 6.37. The van der Waals surface area contributed by atoms with E-state index in [2.05, 4.69) is 6.07 Å². The molecule has 0 heterocycles. The summed E-state index contributed by atoms with van der Waals surface area (Å²) < 4.78 is 10.9. The van der Waals surface area contributed by atoms with E-state index in [0.717, 1.165) is 11.1 Å². The molecule has 4 heteroatoms. The fourth-order valence-electron chi connectivity index (χ4n) is 2.22. The van der Waals surface area contributed by atoms with Crippen molar-refractivity contribution in [1.82, 2.24) is 0 Å². The van der Waals surface area contributed by atoms with Crippen molar-refractivity contribution in [2.24, 2.45) is 0 Å². The molecule has 2 rings (SSSR count). The van der Waals surface area contributed by atoms with Gasteiger partial charge in [0.2, 0.25) is 0 Å². The van der Waals surface area contributed by atoms with Gasteiger partial charge in [-0.25, -0.2) is 4.79 Å². The van der Waals surface area contributed by atoms with Crippen molar-refractivity contribution in [1.29, 1.82) is 5.26 Å². The molecule has 0 radical (unpaired) electrons. The summed E-state index contributed by atoms with van der Waals surface area (Å²) in [6.07, 6.45) is 0. The van der Waals surface area contributed by atoms with Gasteiger partial charge in [0, 0.05) is 0 Å². The standard InChI is InChI=1S/C20H21NO3/c1-5-23-18-11-14(13-21)10-17(12-18)15-6-8-16(9-7-15)19(22)24-20(2,3)4/h6-12H,5H2,1-4H3. The highest BCUT2D eigenvalue weighted by atomic mass is 16.6. The smallest absolute Gasteiger partial charge is 0.338 e. The minimum Gasteiger partial charge on any atom is -0.494 e. The van der Waals surface area contributed by atoms with Crippen LogP contribution in [0.25, 0.3) is 11.1 Å². The van der Waals surface area contributed by atoms with Crippen LogP contribution in [0, 0.1) is 11.3 Å². The lowest BCUT2D eigenvalue weighted by Crippen LogP contribution is -2.23. The molecule has 124 valence electrons. The van der Waals surface area contributed by atoms with Crippen LogP contribution in [0.5, 0.6) is 5.75 Å². The molecule has 0 saturated heterocycles. The van der Waals surface area contributed by atoms with E-state index in [1.165, 1.54) is 0 Å². The molecule has 0 aliphatic heterocycles. The molecule has 0 fully saturated rings. The van der Waals surface area contributed by atoms with Crippen molar-refractivity contribution in [2.45, 2.75) is 33.3 Å². The van der Waals surface area contributed by atoms with Crippen molar-refractivity contribution in [2.75, 3.05) is 6.61 Å². The Labute approximate surface area is 142 Å². The zero-order chi connectivity index (χ0) is 17.7. The summed E-state index contributed by atoms with van der Waals surface area (Å²) in [5.74, 6) is 0.303. The van der Waals surface area contributed by atoms with E-state index >= 15 is 0 Å². The molecule has 0 unspecified atom stereocenters. The van der Waals surface area contributed by atoms with Crippen LogP contribution < -0.4 is 4.74 Å². The first-order chi connectivity index (χ1) is 11.3. The highest BCUT2D eigenvalue weighted by Gasteiger charge is 2.17. The zero-order valence-electron chi connectivity index (χ0n) is 14.4. The summed E-state index contributed by atoms with van der Waals surface area (Å²) in [5, 5.41) is 9.16. The quantitative estimate of drug-likeness (QED) is 0.773. The third kappa shape index (κ3) is 4.60. The van der Waals surface area contributed by atoms with Gasteiger partial charge in [-0.2, -0.15) is 5.26 Å². The Kier molecular flexibility index (Phi) is 5.25. The highest BCUT2D eigenvalue weighted by molar-refractivity contribution is 5.90. The fraction of sp³-hybridized carbons (Fsp3) is 0.300. The first-order valence-electron chi connectivity index (χ1n) is 7.84. The van der Waals surface area contributed by atoms with Crippen molar-refractivity contribution >= 4 is 5.97 Å². The van der Waals surface area contributed by atoms with Gasteiger partial charge < -0.3 is 9.47 Å². The van der Waals surface area contributed by atoms with E-state index in [1.54, 1.807) is 24.3 Å². The fourth-order valence-corrected chi connectivity index (χ4v) is 2.22. The molecule has 0 saturated carbocycles. The molecule has 4 nitrogen and oxygen atoms in total. The van der Waals surface area contributed by atoms with Crippen molar-refractivity contribution in [3.63, 3.8) is 0 Å². The molecule has 2 aromatic rings. The van der Waals surface area contributed by atoms with Crippen LogP contribution in [0.1, 0.15) is 43.6 Å². The second kappa shape index (κ2) is 7.18. The van der Waals surface area contributed by atoms with Gasteiger partial charge in [-0.1, -0.05) is 12.1 Å². The maximum atomic E-state index is 12.1. The Morgan fingerprint density at radius 2 is 1.75 bits per heavy atom. The van der Waals surface area contributed by atoms with Gasteiger partial charge in [0.05, 0.1) is 23.8 Å². The lowest BCUT2D eigenvalue weighted by molar-refractivity contribution is 0.00695. The van der Waals surface area contributed by atoms with Crippen LogP contribution in [-0.2, 0) is 4.74 Å². The van der Waals surface area contributed by atoms with E-state index in [-0.39, 0.29) is 5.97 Å². The van der Waals surface area contributed by atoms with E-state index in [1.807, 2.05) is 45.9 Å². The van der Waals surface area contributed by atoms with Gasteiger partial charge in [0.25, 0.3) is 0 Å². The first kappa shape index (κ1) is 17.6. The summed E-state index contributed by atoms with van der Waals surface area (Å²) in [6.45, 7) is 7.94. The average Bonchev–Trinajstić information content (AvgIpc) is 2.53. The summed E-state index contributed by atoms with van der Waals surface area (Å²) >= 11 is 0. The van der Waals surface area contributed by atoms with Crippen LogP contribution in [0.3, 0.4) is 0 Å². The molecule has 0 aromatic heterocycles. The Bertz CT molecular complexity index is 765. The molecule has 24 heavy (non-hydrogen) atoms. The van der Waals surface area contributed by atoms with Gasteiger partial charge in [0.15, 0.2) is 0 Å². The lowest BCUT2D eigenvalue weighted by atomic mass is 10.0. The minimum absolute atomic E-state index is 0.352. The summed E-state index contributed by atoms with van der Waals surface area (Å²) in [6, 6.07) is 14.7. The SMILES string of the molecule is CCOc1cc(C#N)cc(-c2ccc(C(=O)OC(C)(C)C)cc2)c1. The highest BCUT2D eigenvalue weighted by Crippen LogP contribution is 2.27. The van der Waals surface area contributed by atoms with Crippen molar-refractivity contribution < 1.29 is 14.3 Å². The number of carbonyl (C=O) groups excluding carboxylic acids is 1. The number of nitriles is 1. The molecule has 0 bridgehead atoms. The molecule has 0 aliphatic rings. The molecule has 0 spiro atoms. The topological polar surface area (TPSA) is 59.3 Å². The second-order valence-electron chi connectivity index (χ2n) is 6.37. The first-order valence-corrected chi connectivity index (χ1v) is 7.84. The van der Waals surface area contributed by atoms with E-state index < -0.39 is 5.60 Å². The lowest BCUT2D eigenvalue weighted by Gasteiger charge is -2.19. The van der Waals surface area contributed by atoms with Crippen LogP contribution in [0.2, 0.25) is 0 Å². The number of rotatable bonds is 4. The number of hydrogen-bond donors (Lipinski definition) is 0. The van der Waals surface area contributed by atoms with Gasteiger partial charge in [-0.3, -0.25) is 0 Å². The molecular weight excluding hydrogens is 302 g/mol. The third-order valence-corrected chi connectivity index (χ3v) is 3.20. The van der Waals surface area contributed by atoms with Crippen LogP contribution in [0.15, 0.2) is 42.5 Å². The number of hydrogen-bond acceptors (Lipinski definition) is 4. The third-order valence-electron chi connectivity index (χ3n) is 3.20. The molecule has 0 N–H and O–H groups in total. The van der Waals surface area contributed by atoms with Gasteiger partial charge in [-0.15, -0.1) is 0 Å². The Morgan fingerprint density at radius 3 is 2.29 bits per heavy atom. The van der Waals surface area contributed by atoms with E-state index in [9.17, 15) is 4.79 Å². The van der Waals surface area contributed by atoms with Crippen LogP contribution in [-0.4, -0.2) is 18.2 Å². The van der Waals surface area contributed by atoms with Gasteiger partial charge in [0.1, 0.15) is 11.4 Å². The molecule has 0 aliphatic carbocycles. The van der Waals surface area contributed by atoms with Gasteiger partial charge in [-0.05, 0) is 69.2 Å². The predicted octanol–water partition coefficient (Wildman–Crippen LogP) is 4.58. The number of benzene rings is 2. The number of ether oxygens (including phenoxy) is 2. The normalized spacial score (nSPS) is 10.8. The van der Waals surface area contributed by atoms with Crippen molar-refractivity contribution in [3.05, 3.63) is 53.6 Å². The Morgan fingerprint density at radius 1 is 1.08 bits per heavy atom. The summed E-state index contributed by atoms with van der Waals surface area (Å²) in [5.41, 5.74) is 2.28.